The molecule has 7 nitrogen and oxygen atoms in total. The lowest BCUT2D eigenvalue weighted by Gasteiger charge is -2.33. The summed E-state index contributed by atoms with van der Waals surface area (Å²) in [5, 5.41) is 2.62. The van der Waals surface area contributed by atoms with Gasteiger partial charge in [0.15, 0.2) is 0 Å². The lowest BCUT2D eigenvalue weighted by Crippen LogP contribution is -2.57. The van der Waals surface area contributed by atoms with E-state index in [0.29, 0.717) is 0 Å². The number of sulfonamides is 1. The highest BCUT2D eigenvalue weighted by atomic mass is 32.2. The lowest BCUT2D eigenvalue weighted by molar-refractivity contribution is -0.147. The van der Waals surface area contributed by atoms with Crippen molar-refractivity contribution in [2.75, 3.05) is 19.7 Å². The number of hydrogen-bond donors (Lipinski definition) is 1. The molecule has 1 aliphatic heterocycles. The van der Waals surface area contributed by atoms with Gasteiger partial charge < -0.3 is 10.1 Å². The molecule has 8 heteroatoms. The average molecular weight is 382 g/mol. The van der Waals surface area contributed by atoms with Crippen LogP contribution in [0.2, 0.25) is 0 Å². The Hall–Kier alpha value is -1.93. The van der Waals surface area contributed by atoms with Gasteiger partial charge in [-0.15, -0.1) is 0 Å². The van der Waals surface area contributed by atoms with E-state index in [9.17, 15) is 18.0 Å². The molecule has 1 saturated heterocycles. The molecular formula is C18H26N2O5S. The molecule has 1 N–H and O–H groups in total. The summed E-state index contributed by atoms with van der Waals surface area (Å²) >= 11 is 0. The molecule has 2 rings (SSSR count). The van der Waals surface area contributed by atoms with Crippen LogP contribution in [0, 0.1) is 6.92 Å². The van der Waals surface area contributed by atoms with Crippen molar-refractivity contribution >= 4 is 21.9 Å². The Morgan fingerprint density at radius 2 is 1.96 bits per heavy atom. The molecule has 144 valence electrons. The summed E-state index contributed by atoms with van der Waals surface area (Å²) in [7, 11) is -3.87. The average Bonchev–Trinajstić information content (AvgIpc) is 2.61. The zero-order valence-electron chi connectivity index (χ0n) is 15.2. The Morgan fingerprint density at radius 3 is 2.62 bits per heavy atom. The quantitative estimate of drug-likeness (QED) is 0.545. The van der Waals surface area contributed by atoms with Gasteiger partial charge in [0.2, 0.25) is 15.9 Å². The third kappa shape index (κ3) is 5.04. The fourth-order valence-corrected chi connectivity index (χ4v) is 4.36. The van der Waals surface area contributed by atoms with Gasteiger partial charge in [-0.25, -0.2) is 8.42 Å². The maximum Gasteiger partial charge on any atom is 0.307 e. The van der Waals surface area contributed by atoms with Crippen LogP contribution in [0.25, 0.3) is 0 Å². The Balaban J connectivity index is 2.13. The monoisotopic (exact) mass is 382 g/mol. The van der Waals surface area contributed by atoms with Crippen LogP contribution in [0.5, 0.6) is 0 Å². The summed E-state index contributed by atoms with van der Waals surface area (Å²) in [5.41, 5.74) is 0.938. The van der Waals surface area contributed by atoms with Crippen molar-refractivity contribution in [3.05, 3.63) is 29.8 Å². The van der Waals surface area contributed by atoms with Crippen LogP contribution in [0.3, 0.4) is 0 Å². The van der Waals surface area contributed by atoms with Crippen LogP contribution in [0.1, 0.15) is 38.2 Å². The van der Waals surface area contributed by atoms with Crippen LogP contribution in [-0.2, 0) is 24.3 Å². The number of carbonyl (C=O) groups is 2. The Kier molecular flexibility index (Phi) is 7.16. The zero-order chi connectivity index (χ0) is 19.2. The van der Waals surface area contributed by atoms with Crippen molar-refractivity contribution in [3.63, 3.8) is 0 Å². The summed E-state index contributed by atoms with van der Waals surface area (Å²) < 4.78 is 32.1. The largest absolute Gasteiger partial charge is 0.466 e. The molecule has 0 aliphatic carbocycles. The highest BCUT2D eigenvalue weighted by Crippen LogP contribution is 2.22. The van der Waals surface area contributed by atoms with Crippen molar-refractivity contribution < 1.29 is 22.7 Å². The van der Waals surface area contributed by atoms with Crippen LogP contribution in [-0.4, -0.2) is 50.3 Å². The first kappa shape index (κ1) is 20.4. The van der Waals surface area contributed by atoms with E-state index < -0.39 is 27.9 Å². The predicted octanol–water partition coefficient (Wildman–Crippen LogP) is 1.61. The number of carbonyl (C=O) groups excluding carboxylic acids is 2. The first-order valence-electron chi connectivity index (χ1n) is 8.88. The first-order valence-corrected chi connectivity index (χ1v) is 10.3. The van der Waals surface area contributed by atoms with Crippen molar-refractivity contribution in [2.24, 2.45) is 0 Å². The standard InChI is InChI=1S/C18H26N2O5S/c1-3-4-5-12-25-17(21)13-16-18(22)19-10-11-20(16)26(23,24)15-8-6-14(2)7-9-15/h6-9,16H,3-5,10-13H2,1-2H3,(H,19,22). The summed E-state index contributed by atoms with van der Waals surface area (Å²) in [6.07, 6.45) is 2.42. The minimum Gasteiger partial charge on any atom is -0.466 e. The van der Waals surface area contributed by atoms with Gasteiger partial charge >= 0.3 is 5.97 Å². The van der Waals surface area contributed by atoms with E-state index in [1.54, 1.807) is 12.1 Å². The second-order valence-electron chi connectivity index (χ2n) is 6.37. The van der Waals surface area contributed by atoms with Crippen LogP contribution >= 0.6 is 0 Å². The Labute approximate surface area is 154 Å². The maximum absolute atomic E-state index is 12.9. The molecule has 1 heterocycles. The van der Waals surface area contributed by atoms with Crippen molar-refractivity contribution in [2.45, 2.75) is 50.5 Å². The number of nitrogens with zero attached hydrogens (tertiary/aromatic N) is 1. The Morgan fingerprint density at radius 1 is 1.27 bits per heavy atom. The molecular weight excluding hydrogens is 356 g/mol. The minimum absolute atomic E-state index is 0.110. The van der Waals surface area contributed by atoms with Gasteiger partial charge in [0, 0.05) is 13.1 Å². The van der Waals surface area contributed by atoms with Crippen molar-refractivity contribution in [3.8, 4) is 0 Å². The molecule has 1 aromatic rings. The van der Waals surface area contributed by atoms with Gasteiger partial charge in [-0.3, -0.25) is 9.59 Å². The number of hydrogen-bond acceptors (Lipinski definition) is 5. The second kappa shape index (κ2) is 9.14. The van der Waals surface area contributed by atoms with E-state index in [4.69, 9.17) is 4.74 Å². The lowest BCUT2D eigenvalue weighted by atomic mass is 10.1. The van der Waals surface area contributed by atoms with Crippen molar-refractivity contribution in [1.29, 1.82) is 0 Å². The van der Waals surface area contributed by atoms with E-state index in [2.05, 4.69) is 5.32 Å². The second-order valence-corrected chi connectivity index (χ2v) is 8.26. The van der Waals surface area contributed by atoms with E-state index in [-0.39, 0.29) is 31.0 Å². The molecule has 0 aromatic heterocycles. The number of esters is 1. The van der Waals surface area contributed by atoms with Crippen molar-refractivity contribution in [1.82, 2.24) is 9.62 Å². The summed E-state index contributed by atoms with van der Waals surface area (Å²) in [5.74, 6) is -1.04. The number of rotatable bonds is 8. The summed E-state index contributed by atoms with van der Waals surface area (Å²) in [4.78, 5) is 24.4. The molecule has 0 radical (unpaired) electrons. The van der Waals surface area contributed by atoms with Gasteiger partial charge in [0.05, 0.1) is 17.9 Å². The fourth-order valence-electron chi connectivity index (χ4n) is 2.78. The highest BCUT2D eigenvalue weighted by molar-refractivity contribution is 7.89. The van der Waals surface area contributed by atoms with Crippen LogP contribution < -0.4 is 5.32 Å². The van der Waals surface area contributed by atoms with Crippen LogP contribution in [0.4, 0.5) is 0 Å². The van der Waals surface area contributed by atoms with E-state index in [1.807, 2.05) is 13.8 Å². The number of unbranched alkanes of at least 4 members (excludes halogenated alkanes) is 2. The number of aryl methyl sites for hydroxylation is 1. The maximum atomic E-state index is 12.9. The molecule has 26 heavy (non-hydrogen) atoms. The minimum atomic E-state index is -3.87. The number of ether oxygens (including phenoxy) is 1. The van der Waals surface area contributed by atoms with E-state index >= 15 is 0 Å². The topological polar surface area (TPSA) is 92.8 Å². The predicted molar refractivity (Wildman–Crippen MR) is 97.0 cm³/mol. The molecule has 1 amide bonds. The van der Waals surface area contributed by atoms with E-state index in [0.717, 1.165) is 29.1 Å². The molecule has 1 fully saturated rings. The number of nitrogens with one attached hydrogen (secondary N) is 1. The van der Waals surface area contributed by atoms with E-state index in [1.165, 1.54) is 12.1 Å². The number of benzene rings is 1. The first-order chi connectivity index (χ1) is 12.4. The highest BCUT2D eigenvalue weighted by Gasteiger charge is 2.39. The molecule has 1 aliphatic rings. The van der Waals surface area contributed by atoms with Gasteiger partial charge in [-0.05, 0) is 25.5 Å². The van der Waals surface area contributed by atoms with Crippen LogP contribution in [0.15, 0.2) is 29.2 Å². The number of piperazine rings is 1. The molecule has 0 spiro atoms. The van der Waals surface area contributed by atoms with Gasteiger partial charge in [-0.1, -0.05) is 37.5 Å². The SMILES string of the molecule is CCCCCOC(=O)CC1C(=O)NCCN1S(=O)(=O)c1ccc(C)cc1. The third-order valence-corrected chi connectivity index (χ3v) is 6.20. The molecule has 1 unspecified atom stereocenters. The van der Waals surface area contributed by atoms with Gasteiger partial charge in [-0.2, -0.15) is 4.31 Å². The number of amides is 1. The normalized spacial score (nSPS) is 18.4. The van der Waals surface area contributed by atoms with Gasteiger partial charge in [0.25, 0.3) is 0 Å². The molecule has 1 aromatic carbocycles. The Bertz CT molecular complexity index is 730. The molecule has 1 atom stereocenters. The smallest absolute Gasteiger partial charge is 0.307 e. The summed E-state index contributed by atoms with van der Waals surface area (Å²) in [6.45, 7) is 4.53. The summed E-state index contributed by atoms with van der Waals surface area (Å²) in [6, 6.07) is 5.34. The fraction of sp³-hybridized carbons (Fsp3) is 0.556. The molecule has 0 bridgehead atoms. The molecule has 0 saturated carbocycles. The van der Waals surface area contributed by atoms with Gasteiger partial charge in [0.1, 0.15) is 6.04 Å². The zero-order valence-corrected chi connectivity index (χ0v) is 16.0. The third-order valence-electron chi connectivity index (χ3n) is 4.28.